The SMILES string of the molecule is Cc1cn([C@H]2C[C@H](O)[C@@H](CO)O2)c(=O)n(OP(=O)(O)OP(=O)(O)OP(=O)(O)O)c1=S. The lowest BCUT2D eigenvalue weighted by Gasteiger charge is -2.20. The standard InChI is InChI=1S/C10H17N2O14P3S/c1-5-3-11(8-2-6(14)7(4-13)23-8)10(15)12(9(5)30)24-28(19,20)26-29(21,22)25-27(16,17)18/h3,6-8,13-14H,2,4H2,1H3,(H,19,20)(H,21,22)(H2,16,17,18)/t6-,7+,8+/m0/s1. The molecule has 0 aliphatic carbocycles. The maximum Gasteiger partial charge on any atom is 0.555 e. The molecule has 1 aromatic rings. The topological polar surface area (TPSA) is 236 Å². The van der Waals surface area contributed by atoms with Crippen molar-refractivity contribution in [2.45, 2.75) is 31.8 Å². The van der Waals surface area contributed by atoms with E-state index in [0.717, 1.165) is 4.57 Å². The Bertz CT molecular complexity index is 1060. The molecule has 0 aromatic carbocycles. The van der Waals surface area contributed by atoms with Crippen LogP contribution in [0.1, 0.15) is 18.2 Å². The van der Waals surface area contributed by atoms with Crippen LogP contribution in [0.25, 0.3) is 0 Å². The summed E-state index contributed by atoms with van der Waals surface area (Å²) in [5.41, 5.74) is -1.11. The van der Waals surface area contributed by atoms with E-state index in [4.69, 9.17) is 31.8 Å². The lowest BCUT2D eigenvalue weighted by molar-refractivity contribution is -0.0474. The molecular formula is C10H17N2O14P3S. The Labute approximate surface area is 172 Å². The quantitative estimate of drug-likeness (QED) is 0.182. The molecule has 2 heterocycles. The van der Waals surface area contributed by atoms with Crippen LogP contribution in [0.4, 0.5) is 0 Å². The highest BCUT2D eigenvalue weighted by atomic mass is 32.1. The van der Waals surface area contributed by atoms with E-state index in [0.29, 0.717) is 0 Å². The number of ether oxygens (including phenoxy) is 1. The molecule has 5 atom stereocenters. The average Bonchev–Trinajstić information content (AvgIpc) is 2.92. The monoisotopic (exact) mass is 514 g/mol. The summed E-state index contributed by atoms with van der Waals surface area (Å²) in [6, 6.07) is 0. The van der Waals surface area contributed by atoms with E-state index in [1.807, 2.05) is 0 Å². The Morgan fingerprint density at radius 3 is 2.30 bits per heavy atom. The van der Waals surface area contributed by atoms with E-state index in [2.05, 4.69) is 13.2 Å². The van der Waals surface area contributed by atoms with Gasteiger partial charge in [0.1, 0.15) is 12.3 Å². The lowest BCUT2D eigenvalue weighted by atomic mass is 10.2. The Kier molecular flexibility index (Phi) is 7.65. The van der Waals surface area contributed by atoms with Gasteiger partial charge in [-0.2, -0.15) is 8.62 Å². The van der Waals surface area contributed by atoms with Crippen molar-refractivity contribution in [2.75, 3.05) is 6.61 Å². The van der Waals surface area contributed by atoms with E-state index in [9.17, 15) is 33.4 Å². The zero-order valence-corrected chi connectivity index (χ0v) is 18.3. The summed E-state index contributed by atoms with van der Waals surface area (Å²) in [5, 5.41) is 19.0. The molecule has 6 N–H and O–H groups in total. The second-order valence-electron chi connectivity index (χ2n) is 5.89. The fourth-order valence-electron chi connectivity index (χ4n) is 2.40. The smallest absolute Gasteiger partial charge is 0.394 e. The number of aliphatic hydroxyl groups is 2. The van der Waals surface area contributed by atoms with Crippen LogP contribution >= 0.6 is 35.7 Å². The summed E-state index contributed by atoms with van der Waals surface area (Å²) in [5.74, 6) is 0. The van der Waals surface area contributed by atoms with E-state index in [1.165, 1.54) is 13.1 Å². The lowest BCUT2D eigenvalue weighted by Crippen LogP contribution is -2.37. The molecule has 16 nitrogen and oxygen atoms in total. The van der Waals surface area contributed by atoms with Crippen LogP contribution in [0, 0.1) is 11.6 Å². The normalized spacial score (nSPS) is 26.2. The van der Waals surface area contributed by atoms with Gasteiger partial charge in [0.05, 0.1) is 12.7 Å². The van der Waals surface area contributed by atoms with Crippen molar-refractivity contribution in [2.24, 2.45) is 0 Å². The van der Waals surface area contributed by atoms with Crippen molar-refractivity contribution in [1.29, 1.82) is 0 Å². The minimum atomic E-state index is -5.81. The van der Waals surface area contributed by atoms with Crippen LogP contribution in [-0.4, -0.2) is 57.9 Å². The fourth-order valence-corrected chi connectivity index (χ4v) is 5.60. The van der Waals surface area contributed by atoms with Crippen LogP contribution in [0.15, 0.2) is 11.0 Å². The Balaban J connectivity index is 2.38. The molecule has 0 spiro atoms. The summed E-state index contributed by atoms with van der Waals surface area (Å²) in [6.07, 6.45) is -2.22. The van der Waals surface area contributed by atoms with Crippen LogP contribution in [0.5, 0.6) is 0 Å². The molecule has 2 rings (SSSR count). The molecule has 0 bridgehead atoms. The molecule has 1 aromatic heterocycles. The number of hydrogen-bond donors (Lipinski definition) is 6. The highest BCUT2D eigenvalue weighted by Crippen LogP contribution is 2.65. The molecule has 172 valence electrons. The third kappa shape index (κ3) is 6.37. The van der Waals surface area contributed by atoms with Crippen molar-refractivity contribution in [3.05, 3.63) is 26.9 Å². The van der Waals surface area contributed by atoms with Crippen molar-refractivity contribution in [3.8, 4) is 0 Å². The second kappa shape index (κ2) is 9.00. The molecule has 2 unspecified atom stereocenters. The minimum Gasteiger partial charge on any atom is -0.394 e. The van der Waals surface area contributed by atoms with Crippen LogP contribution in [-0.2, 0) is 27.1 Å². The zero-order chi connectivity index (χ0) is 23.1. The van der Waals surface area contributed by atoms with Crippen molar-refractivity contribution >= 4 is 35.7 Å². The van der Waals surface area contributed by atoms with E-state index in [-0.39, 0.29) is 16.7 Å². The van der Waals surface area contributed by atoms with Gasteiger partial charge >= 0.3 is 29.2 Å². The third-order valence-electron chi connectivity index (χ3n) is 3.54. The number of aromatic nitrogens is 2. The van der Waals surface area contributed by atoms with Gasteiger partial charge in [0, 0.05) is 18.2 Å². The first kappa shape index (κ1) is 25.5. The Hall–Kier alpha value is -0.770. The maximum atomic E-state index is 12.6. The average molecular weight is 514 g/mol. The molecule has 20 heteroatoms. The predicted octanol–water partition coefficient (Wildman–Crippen LogP) is -0.916. The number of hydrogen-bond acceptors (Lipinski definition) is 11. The fraction of sp³-hybridized carbons (Fsp3) is 0.600. The number of rotatable bonds is 8. The largest absolute Gasteiger partial charge is 0.555 e. The summed E-state index contributed by atoms with van der Waals surface area (Å²) >= 11 is 4.90. The van der Waals surface area contributed by atoms with Crippen LogP contribution in [0.3, 0.4) is 0 Å². The molecule has 1 saturated heterocycles. The summed E-state index contributed by atoms with van der Waals surface area (Å²) in [6.45, 7) is 0.816. The molecule has 0 amide bonds. The van der Waals surface area contributed by atoms with Crippen molar-refractivity contribution in [3.63, 3.8) is 0 Å². The minimum absolute atomic E-state index is 0.0466. The van der Waals surface area contributed by atoms with Gasteiger partial charge in [-0.3, -0.25) is 9.46 Å². The van der Waals surface area contributed by atoms with Crippen molar-refractivity contribution in [1.82, 2.24) is 9.30 Å². The molecular weight excluding hydrogens is 497 g/mol. The van der Waals surface area contributed by atoms with E-state index in [1.54, 1.807) is 0 Å². The molecule has 0 radical (unpaired) electrons. The van der Waals surface area contributed by atoms with Gasteiger partial charge in [-0.05, 0) is 6.92 Å². The molecule has 1 aliphatic heterocycles. The number of nitrogens with zero attached hydrogens (tertiary/aromatic N) is 2. The Morgan fingerprint density at radius 2 is 1.80 bits per heavy atom. The maximum absolute atomic E-state index is 12.6. The van der Waals surface area contributed by atoms with Gasteiger partial charge in [0.2, 0.25) is 0 Å². The molecule has 1 aliphatic rings. The predicted molar refractivity (Wildman–Crippen MR) is 96.3 cm³/mol. The zero-order valence-electron chi connectivity index (χ0n) is 14.8. The van der Waals surface area contributed by atoms with Crippen LogP contribution < -0.4 is 10.3 Å². The Morgan fingerprint density at radius 1 is 1.20 bits per heavy atom. The number of phosphoric acid groups is 3. The second-order valence-corrected chi connectivity index (χ2v) is 10.6. The van der Waals surface area contributed by atoms with Gasteiger partial charge in [0.15, 0.2) is 4.64 Å². The molecule has 0 saturated carbocycles. The highest BCUT2D eigenvalue weighted by molar-refractivity contribution is 7.71. The van der Waals surface area contributed by atoms with Gasteiger partial charge in [-0.15, -0.1) is 4.73 Å². The summed E-state index contributed by atoms with van der Waals surface area (Å²) in [4.78, 5) is 48.5. The van der Waals surface area contributed by atoms with E-state index < -0.39 is 58.8 Å². The third-order valence-corrected chi connectivity index (χ3v) is 7.73. The first-order valence-corrected chi connectivity index (χ1v) is 12.6. The highest BCUT2D eigenvalue weighted by Gasteiger charge is 2.42. The number of aryl methyl sites for hydroxylation is 1. The van der Waals surface area contributed by atoms with Gasteiger partial charge in [0.25, 0.3) is 0 Å². The summed E-state index contributed by atoms with van der Waals surface area (Å²) < 4.78 is 51.3. The molecule has 30 heavy (non-hydrogen) atoms. The molecule has 1 fully saturated rings. The van der Waals surface area contributed by atoms with Gasteiger partial charge < -0.3 is 34.3 Å². The number of aliphatic hydroxyl groups excluding tert-OH is 2. The first-order valence-electron chi connectivity index (χ1n) is 7.68. The van der Waals surface area contributed by atoms with E-state index >= 15 is 0 Å². The summed E-state index contributed by atoms with van der Waals surface area (Å²) in [7, 11) is -17.1. The van der Waals surface area contributed by atoms with Gasteiger partial charge in [-0.25, -0.2) is 18.5 Å². The van der Waals surface area contributed by atoms with Gasteiger partial charge in [-0.1, -0.05) is 12.2 Å². The first-order chi connectivity index (χ1) is 13.6. The van der Waals surface area contributed by atoms with Crippen molar-refractivity contribution < 1.29 is 61.5 Å². The van der Waals surface area contributed by atoms with Crippen LogP contribution in [0.2, 0.25) is 0 Å².